The van der Waals surface area contributed by atoms with E-state index in [0.717, 1.165) is 36.8 Å². The van der Waals surface area contributed by atoms with Crippen LogP contribution in [0.2, 0.25) is 5.02 Å². The number of halogens is 1. The van der Waals surface area contributed by atoms with Crippen molar-refractivity contribution in [3.05, 3.63) is 63.0 Å². The molecule has 29 heavy (non-hydrogen) atoms. The van der Waals surface area contributed by atoms with Crippen molar-refractivity contribution in [1.82, 2.24) is 19.2 Å². The van der Waals surface area contributed by atoms with Gasteiger partial charge in [0.25, 0.3) is 5.56 Å². The molecule has 1 aromatic carbocycles. The number of nitrogens with zero attached hydrogens (tertiary/aromatic N) is 4. The van der Waals surface area contributed by atoms with Gasteiger partial charge in [0.05, 0.1) is 22.4 Å². The Morgan fingerprint density at radius 2 is 2.03 bits per heavy atom. The van der Waals surface area contributed by atoms with E-state index in [9.17, 15) is 9.59 Å². The third-order valence-electron chi connectivity index (χ3n) is 5.21. The fraction of sp³-hybridized carbons (Fsp3) is 0.350. The number of rotatable bonds is 5. The highest BCUT2D eigenvalue weighted by molar-refractivity contribution is 7.15. The summed E-state index contributed by atoms with van der Waals surface area (Å²) in [4.78, 5) is 34.5. The van der Waals surface area contributed by atoms with E-state index in [1.54, 1.807) is 28.8 Å². The summed E-state index contributed by atoms with van der Waals surface area (Å²) >= 11 is 7.59. The van der Waals surface area contributed by atoms with E-state index in [1.807, 2.05) is 24.4 Å². The van der Waals surface area contributed by atoms with Gasteiger partial charge in [0.15, 0.2) is 4.96 Å². The van der Waals surface area contributed by atoms with Gasteiger partial charge in [-0.3, -0.25) is 23.8 Å². The number of benzene rings is 1. The number of hydrogen-bond acceptors (Lipinski definition) is 6. The third-order valence-corrected chi connectivity index (χ3v) is 6.29. The lowest BCUT2D eigenvalue weighted by Crippen LogP contribution is -2.52. The highest BCUT2D eigenvalue weighted by atomic mass is 35.5. The number of para-hydroxylation sites is 1. The Morgan fingerprint density at radius 3 is 2.79 bits per heavy atom. The SMILES string of the molecule is CC(C(=O)Nc1ccccc1Cl)N1CCN(Cc2cc(=O)n3ccsc3n2)CC1. The summed E-state index contributed by atoms with van der Waals surface area (Å²) in [6.07, 6.45) is 1.74. The van der Waals surface area contributed by atoms with E-state index in [4.69, 9.17) is 11.6 Å². The summed E-state index contributed by atoms with van der Waals surface area (Å²) in [5.74, 6) is -0.0654. The minimum absolute atomic E-state index is 0.0465. The molecule has 0 aliphatic carbocycles. The zero-order valence-corrected chi connectivity index (χ0v) is 17.6. The number of amides is 1. The number of thiazole rings is 1. The smallest absolute Gasteiger partial charge is 0.258 e. The van der Waals surface area contributed by atoms with Gasteiger partial charge in [0.1, 0.15) is 0 Å². The summed E-state index contributed by atoms with van der Waals surface area (Å²) in [5, 5.41) is 5.30. The van der Waals surface area contributed by atoms with Gasteiger partial charge in [0.2, 0.25) is 5.91 Å². The Hall–Kier alpha value is -2.26. The van der Waals surface area contributed by atoms with Crippen molar-refractivity contribution in [2.24, 2.45) is 0 Å². The number of carbonyl (C=O) groups is 1. The Kier molecular flexibility index (Phi) is 5.96. The van der Waals surface area contributed by atoms with Crippen LogP contribution in [0.1, 0.15) is 12.6 Å². The number of nitrogens with one attached hydrogen (secondary N) is 1. The highest BCUT2D eigenvalue weighted by Crippen LogP contribution is 2.21. The predicted octanol–water partition coefficient (Wildman–Crippen LogP) is 2.55. The zero-order valence-electron chi connectivity index (χ0n) is 16.0. The molecule has 2 aromatic heterocycles. The molecule has 0 saturated carbocycles. The molecule has 1 aliphatic heterocycles. The lowest BCUT2D eigenvalue weighted by atomic mass is 10.2. The lowest BCUT2D eigenvalue weighted by Gasteiger charge is -2.37. The molecule has 1 atom stereocenters. The molecule has 152 valence electrons. The second-order valence-corrected chi connectivity index (χ2v) is 8.38. The molecule has 1 N–H and O–H groups in total. The predicted molar refractivity (Wildman–Crippen MR) is 116 cm³/mol. The second-order valence-electron chi connectivity index (χ2n) is 7.10. The van der Waals surface area contributed by atoms with Crippen molar-refractivity contribution < 1.29 is 4.79 Å². The van der Waals surface area contributed by atoms with Crippen LogP contribution in [0.4, 0.5) is 5.69 Å². The van der Waals surface area contributed by atoms with Crippen molar-refractivity contribution in [1.29, 1.82) is 0 Å². The number of carbonyl (C=O) groups excluding carboxylic acids is 1. The number of anilines is 1. The first-order valence-electron chi connectivity index (χ1n) is 9.49. The first kappa shape index (κ1) is 20.0. The van der Waals surface area contributed by atoms with Gasteiger partial charge >= 0.3 is 0 Å². The molecule has 1 unspecified atom stereocenters. The molecule has 3 aromatic rings. The van der Waals surface area contributed by atoms with E-state index in [-0.39, 0.29) is 17.5 Å². The summed E-state index contributed by atoms with van der Waals surface area (Å²) < 4.78 is 1.56. The molecule has 7 nitrogen and oxygen atoms in total. The standard InChI is InChI=1S/C20H22ClN5O2S/c1-14(19(28)23-17-5-3-2-4-16(17)21)25-8-6-24(7-9-25)13-15-12-18(27)26-10-11-29-20(26)22-15/h2-5,10-12,14H,6-9,13H2,1H3,(H,23,28). The van der Waals surface area contributed by atoms with Crippen LogP contribution in [0.15, 0.2) is 46.7 Å². The molecule has 3 heterocycles. The van der Waals surface area contributed by atoms with Gasteiger partial charge in [-0.25, -0.2) is 4.98 Å². The fourth-order valence-corrected chi connectivity index (χ4v) is 4.39. The lowest BCUT2D eigenvalue weighted by molar-refractivity contribution is -0.121. The molecular weight excluding hydrogens is 410 g/mol. The second kappa shape index (κ2) is 8.62. The Labute approximate surface area is 177 Å². The van der Waals surface area contributed by atoms with Crippen molar-refractivity contribution in [2.45, 2.75) is 19.5 Å². The van der Waals surface area contributed by atoms with Crippen molar-refractivity contribution in [2.75, 3.05) is 31.5 Å². The molecule has 0 bridgehead atoms. The summed E-state index contributed by atoms with van der Waals surface area (Å²) in [6, 6.07) is 8.59. The largest absolute Gasteiger partial charge is 0.323 e. The van der Waals surface area contributed by atoms with E-state index in [2.05, 4.69) is 20.1 Å². The van der Waals surface area contributed by atoms with Gasteiger partial charge < -0.3 is 5.32 Å². The van der Waals surface area contributed by atoms with Crippen LogP contribution in [0.3, 0.4) is 0 Å². The van der Waals surface area contributed by atoms with Crippen molar-refractivity contribution >= 4 is 39.5 Å². The van der Waals surface area contributed by atoms with E-state index < -0.39 is 0 Å². The monoisotopic (exact) mass is 431 g/mol. The van der Waals surface area contributed by atoms with E-state index in [1.165, 1.54) is 11.3 Å². The molecular formula is C20H22ClN5O2S. The van der Waals surface area contributed by atoms with Crippen LogP contribution in [-0.2, 0) is 11.3 Å². The Bertz CT molecular complexity index is 1070. The van der Waals surface area contributed by atoms with E-state index >= 15 is 0 Å². The molecule has 0 spiro atoms. The summed E-state index contributed by atoms with van der Waals surface area (Å²) in [6.45, 7) is 5.73. The fourth-order valence-electron chi connectivity index (χ4n) is 3.47. The van der Waals surface area contributed by atoms with Crippen LogP contribution in [0.5, 0.6) is 0 Å². The Morgan fingerprint density at radius 1 is 1.28 bits per heavy atom. The maximum absolute atomic E-state index is 12.6. The van der Waals surface area contributed by atoms with Crippen LogP contribution in [-0.4, -0.2) is 57.3 Å². The topological polar surface area (TPSA) is 70.0 Å². The van der Waals surface area contributed by atoms with Gasteiger partial charge in [-0.2, -0.15) is 0 Å². The van der Waals surface area contributed by atoms with Gasteiger partial charge in [-0.1, -0.05) is 23.7 Å². The normalized spacial score (nSPS) is 16.8. The summed E-state index contributed by atoms with van der Waals surface area (Å²) in [5.41, 5.74) is 1.37. The minimum Gasteiger partial charge on any atom is -0.323 e. The molecule has 1 fully saturated rings. The van der Waals surface area contributed by atoms with Gasteiger partial charge in [-0.15, -0.1) is 11.3 Å². The van der Waals surface area contributed by atoms with E-state index in [0.29, 0.717) is 17.3 Å². The molecule has 1 saturated heterocycles. The number of hydrogen-bond donors (Lipinski definition) is 1. The highest BCUT2D eigenvalue weighted by Gasteiger charge is 2.26. The summed E-state index contributed by atoms with van der Waals surface area (Å²) in [7, 11) is 0. The third kappa shape index (κ3) is 4.51. The molecule has 9 heteroatoms. The average molecular weight is 432 g/mol. The minimum atomic E-state index is -0.251. The Balaban J connectivity index is 1.33. The molecule has 1 amide bonds. The maximum Gasteiger partial charge on any atom is 0.258 e. The van der Waals surface area contributed by atoms with Crippen molar-refractivity contribution in [3.8, 4) is 0 Å². The molecule has 1 aliphatic rings. The number of aromatic nitrogens is 2. The van der Waals surface area contributed by atoms with Crippen LogP contribution >= 0.6 is 22.9 Å². The first-order chi connectivity index (χ1) is 14.0. The first-order valence-corrected chi connectivity index (χ1v) is 10.7. The van der Waals surface area contributed by atoms with Crippen LogP contribution in [0.25, 0.3) is 4.96 Å². The number of fused-ring (bicyclic) bond motifs is 1. The van der Waals surface area contributed by atoms with Gasteiger partial charge in [0, 0.05) is 50.4 Å². The number of piperazine rings is 1. The van der Waals surface area contributed by atoms with Crippen LogP contribution < -0.4 is 10.9 Å². The maximum atomic E-state index is 12.6. The average Bonchev–Trinajstić information content (AvgIpc) is 3.19. The molecule has 0 radical (unpaired) electrons. The molecule has 4 rings (SSSR count). The van der Waals surface area contributed by atoms with Crippen molar-refractivity contribution in [3.63, 3.8) is 0 Å². The van der Waals surface area contributed by atoms with Gasteiger partial charge in [-0.05, 0) is 19.1 Å². The zero-order chi connectivity index (χ0) is 20.4. The quantitative estimate of drug-likeness (QED) is 0.672. The van der Waals surface area contributed by atoms with Crippen LogP contribution in [0, 0.1) is 0 Å².